The van der Waals surface area contributed by atoms with Crippen LogP contribution in [0.1, 0.15) is 18.4 Å². The SMILES string of the molecule is O=C(COc1ccc(F)cc1)N1CCC(N2CCN(Cc3ccccc3)C(=O)C2=O)CC1. The molecule has 0 unspecified atom stereocenters. The zero-order valence-corrected chi connectivity index (χ0v) is 17.8. The third-order valence-electron chi connectivity index (χ3n) is 5.99. The van der Waals surface area contributed by atoms with Gasteiger partial charge in [-0.15, -0.1) is 0 Å². The highest BCUT2D eigenvalue weighted by Gasteiger charge is 2.37. The number of carbonyl (C=O) groups excluding carboxylic acids is 3. The van der Waals surface area contributed by atoms with Crippen molar-refractivity contribution in [1.29, 1.82) is 0 Å². The van der Waals surface area contributed by atoms with E-state index in [0.717, 1.165) is 5.56 Å². The van der Waals surface area contributed by atoms with Gasteiger partial charge in [0.2, 0.25) is 0 Å². The smallest absolute Gasteiger partial charge is 0.312 e. The summed E-state index contributed by atoms with van der Waals surface area (Å²) in [6, 6.07) is 15.1. The predicted molar refractivity (Wildman–Crippen MR) is 115 cm³/mol. The van der Waals surface area contributed by atoms with Gasteiger partial charge in [0.15, 0.2) is 6.61 Å². The largest absolute Gasteiger partial charge is 0.484 e. The second-order valence-electron chi connectivity index (χ2n) is 8.07. The zero-order valence-electron chi connectivity index (χ0n) is 17.8. The molecule has 0 N–H and O–H groups in total. The molecule has 2 saturated heterocycles. The van der Waals surface area contributed by atoms with Crippen molar-refractivity contribution in [3.63, 3.8) is 0 Å². The number of ether oxygens (including phenoxy) is 1. The van der Waals surface area contributed by atoms with E-state index in [0.29, 0.717) is 51.3 Å². The van der Waals surface area contributed by atoms with Crippen LogP contribution in [0.2, 0.25) is 0 Å². The lowest BCUT2D eigenvalue weighted by Crippen LogP contribution is -2.59. The van der Waals surface area contributed by atoms with Gasteiger partial charge < -0.3 is 19.4 Å². The molecule has 0 aliphatic carbocycles. The number of hydrogen-bond acceptors (Lipinski definition) is 4. The molecule has 0 spiro atoms. The van der Waals surface area contributed by atoms with E-state index in [4.69, 9.17) is 4.74 Å². The van der Waals surface area contributed by atoms with Crippen LogP contribution in [0, 0.1) is 5.82 Å². The van der Waals surface area contributed by atoms with Crippen LogP contribution in [0.25, 0.3) is 0 Å². The van der Waals surface area contributed by atoms with Crippen molar-refractivity contribution in [3.8, 4) is 5.75 Å². The number of rotatable bonds is 6. The molecule has 2 aliphatic heterocycles. The molecule has 0 saturated carbocycles. The first-order chi connectivity index (χ1) is 15.5. The highest BCUT2D eigenvalue weighted by atomic mass is 19.1. The molecule has 2 fully saturated rings. The van der Waals surface area contributed by atoms with Crippen LogP contribution in [0.3, 0.4) is 0 Å². The number of halogens is 1. The van der Waals surface area contributed by atoms with Gasteiger partial charge in [-0.2, -0.15) is 0 Å². The van der Waals surface area contributed by atoms with Crippen LogP contribution >= 0.6 is 0 Å². The van der Waals surface area contributed by atoms with Gasteiger partial charge in [-0.05, 0) is 42.7 Å². The van der Waals surface area contributed by atoms with E-state index in [9.17, 15) is 18.8 Å². The third-order valence-corrected chi connectivity index (χ3v) is 5.99. The van der Waals surface area contributed by atoms with E-state index in [1.807, 2.05) is 30.3 Å². The molecule has 4 rings (SSSR count). The molecule has 2 aromatic rings. The van der Waals surface area contributed by atoms with E-state index in [2.05, 4.69) is 0 Å². The summed E-state index contributed by atoms with van der Waals surface area (Å²) in [4.78, 5) is 42.8. The number of carbonyl (C=O) groups is 3. The topological polar surface area (TPSA) is 70.2 Å². The van der Waals surface area contributed by atoms with Crippen molar-refractivity contribution >= 4 is 17.7 Å². The Morgan fingerprint density at radius 2 is 1.59 bits per heavy atom. The molecule has 32 heavy (non-hydrogen) atoms. The summed E-state index contributed by atoms with van der Waals surface area (Å²) in [6.45, 7) is 2.32. The summed E-state index contributed by atoms with van der Waals surface area (Å²) in [6.07, 6.45) is 1.25. The molecule has 2 heterocycles. The maximum atomic E-state index is 13.0. The molecule has 0 bridgehead atoms. The second kappa shape index (κ2) is 9.80. The fourth-order valence-corrected chi connectivity index (χ4v) is 4.19. The van der Waals surface area contributed by atoms with Gasteiger partial charge in [0, 0.05) is 38.8 Å². The summed E-state index contributed by atoms with van der Waals surface area (Å²) in [5.41, 5.74) is 0.997. The molecule has 7 nitrogen and oxygen atoms in total. The summed E-state index contributed by atoms with van der Waals surface area (Å²) >= 11 is 0. The van der Waals surface area contributed by atoms with Gasteiger partial charge in [-0.25, -0.2) is 4.39 Å². The number of likely N-dealkylation sites (tertiary alicyclic amines) is 1. The van der Waals surface area contributed by atoms with Crippen molar-refractivity contribution in [2.45, 2.75) is 25.4 Å². The van der Waals surface area contributed by atoms with Crippen LogP contribution in [-0.4, -0.2) is 71.2 Å². The Kier molecular flexibility index (Phi) is 6.68. The Balaban J connectivity index is 1.25. The third kappa shape index (κ3) is 5.07. The van der Waals surface area contributed by atoms with Crippen molar-refractivity contribution in [2.24, 2.45) is 0 Å². The predicted octanol–water partition coefficient (Wildman–Crippen LogP) is 2.07. The summed E-state index contributed by atoms with van der Waals surface area (Å²) in [7, 11) is 0. The summed E-state index contributed by atoms with van der Waals surface area (Å²) in [5, 5.41) is 0. The number of piperazine rings is 1. The van der Waals surface area contributed by atoms with Crippen LogP contribution in [0.5, 0.6) is 5.75 Å². The van der Waals surface area contributed by atoms with E-state index in [1.165, 1.54) is 24.3 Å². The first kappa shape index (κ1) is 21.8. The Morgan fingerprint density at radius 1 is 0.906 bits per heavy atom. The van der Waals surface area contributed by atoms with Gasteiger partial charge in [0.05, 0.1) is 0 Å². The molecule has 0 atom stereocenters. The normalized spacial score (nSPS) is 17.6. The lowest BCUT2D eigenvalue weighted by atomic mass is 10.0. The van der Waals surface area contributed by atoms with Gasteiger partial charge >= 0.3 is 11.8 Å². The van der Waals surface area contributed by atoms with Crippen molar-refractivity contribution in [3.05, 3.63) is 66.0 Å². The Labute approximate surface area is 186 Å². The average molecular weight is 439 g/mol. The van der Waals surface area contributed by atoms with Crippen LogP contribution in [-0.2, 0) is 20.9 Å². The minimum absolute atomic E-state index is 0.0487. The van der Waals surface area contributed by atoms with E-state index >= 15 is 0 Å². The lowest BCUT2D eigenvalue weighted by Gasteiger charge is -2.42. The molecule has 0 aromatic heterocycles. The zero-order chi connectivity index (χ0) is 22.5. The molecule has 3 amide bonds. The number of piperidine rings is 1. The Morgan fingerprint density at radius 3 is 2.28 bits per heavy atom. The first-order valence-electron chi connectivity index (χ1n) is 10.8. The van der Waals surface area contributed by atoms with E-state index < -0.39 is 11.8 Å². The molecule has 2 aliphatic rings. The van der Waals surface area contributed by atoms with Crippen molar-refractivity contribution < 1.29 is 23.5 Å². The fraction of sp³-hybridized carbons (Fsp3) is 0.375. The molecular formula is C24H26FN3O4. The molecular weight excluding hydrogens is 413 g/mol. The molecule has 168 valence electrons. The maximum absolute atomic E-state index is 13.0. The second-order valence-corrected chi connectivity index (χ2v) is 8.07. The van der Waals surface area contributed by atoms with Gasteiger partial charge in [0.25, 0.3) is 5.91 Å². The molecule has 0 radical (unpaired) electrons. The van der Waals surface area contributed by atoms with Gasteiger partial charge in [-0.3, -0.25) is 14.4 Å². The average Bonchev–Trinajstić information content (AvgIpc) is 2.82. The van der Waals surface area contributed by atoms with Crippen molar-refractivity contribution in [2.75, 3.05) is 32.8 Å². The van der Waals surface area contributed by atoms with Crippen LogP contribution in [0.4, 0.5) is 4.39 Å². The van der Waals surface area contributed by atoms with Crippen LogP contribution in [0.15, 0.2) is 54.6 Å². The highest BCUT2D eigenvalue weighted by molar-refractivity contribution is 6.35. The Hall–Kier alpha value is -3.42. The number of benzene rings is 2. The lowest BCUT2D eigenvalue weighted by molar-refractivity contribution is -0.159. The minimum atomic E-state index is -0.466. The Bertz CT molecular complexity index is 959. The monoisotopic (exact) mass is 439 g/mol. The number of nitrogens with zero attached hydrogens (tertiary/aromatic N) is 3. The molecule has 8 heteroatoms. The molecule has 2 aromatic carbocycles. The standard InChI is InChI=1S/C24H26FN3O4/c25-19-6-8-21(9-7-19)32-17-22(29)26-12-10-20(11-13-26)28-15-14-27(23(30)24(28)31)16-18-4-2-1-3-5-18/h1-9,20H,10-17H2. The quantitative estimate of drug-likeness (QED) is 0.647. The maximum Gasteiger partial charge on any atom is 0.312 e. The summed E-state index contributed by atoms with van der Waals surface area (Å²) < 4.78 is 18.4. The van der Waals surface area contributed by atoms with Gasteiger partial charge in [0.1, 0.15) is 11.6 Å². The first-order valence-corrected chi connectivity index (χ1v) is 10.8. The number of amides is 3. The highest BCUT2D eigenvalue weighted by Crippen LogP contribution is 2.21. The summed E-state index contributed by atoms with van der Waals surface area (Å²) in [5.74, 6) is -1.00. The minimum Gasteiger partial charge on any atom is -0.484 e. The fourth-order valence-electron chi connectivity index (χ4n) is 4.19. The van der Waals surface area contributed by atoms with Gasteiger partial charge in [-0.1, -0.05) is 30.3 Å². The van der Waals surface area contributed by atoms with E-state index in [-0.39, 0.29) is 24.4 Å². The number of hydrogen-bond donors (Lipinski definition) is 0. The van der Waals surface area contributed by atoms with E-state index in [1.54, 1.807) is 14.7 Å². The van der Waals surface area contributed by atoms with Crippen LogP contribution < -0.4 is 4.74 Å². The van der Waals surface area contributed by atoms with Crippen molar-refractivity contribution in [1.82, 2.24) is 14.7 Å².